The van der Waals surface area contributed by atoms with Crippen LogP contribution in [-0.4, -0.2) is 11.8 Å². The Morgan fingerprint density at radius 1 is 1.47 bits per heavy atom. The van der Waals surface area contributed by atoms with Gasteiger partial charge >= 0.3 is 0 Å². The molecule has 0 atom stereocenters. The lowest BCUT2D eigenvalue weighted by Gasteiger charge is -2.17. The van der Waals surface area contributed by atoms with Crippen LogP contribution in [0.3, 0.4) is 0 Å². The summed E-state index contributed by atoms with van der Waals surface area (Å²) in [5, 5.41) is 0.760. The number of nitrogens with one attached hydrogen (secondary N) is 1. The zero-order valence-electron chi connectivity index (χ0n) is 8.79. The second kappa shape index (κ2) is 5.54. The van der Waals surface area contributed by atoms with E-state index in [9.17, 15) is 4.79 Å². The van der Waals surface area contributed by atoms with E-state index >= 15 is 0 Å². The summed E-state index contributed by atoms with van der Waals surface area (Å²) in [4.78, 5) is 10.6. The van der Waals surface area contributed by atoms with Crippen molar-refractivity contribution in [1.82, 2.24) is 4.72 Å². The van der Waals surface area contributed by atoms with E-state index in [1.165, 1.54) is 11.9 Å². The van der Waals surface area contributed by atoms with E-state index in [1.54, 1.807) is 0 Å². The average Bonchev–Trinajstić information content (AvgIpc) is 2.21. The van der Waals surface area contributed by atoms with E-state index in [1.807, 2.05) is 38.1 Å². The summed E-state index contributed by atoms with van der Waals surface area (Å²) in [6, 6.07) is 7.69. The molecule has 0 aliphatic carbocycles. The number of aldehydes is 1. The van der Waals surface area contributed by atoms with Crippen molar-refractivity contribution in [2.45, 2.75) is 25.1 Å². The lowest BCUT2D eigenvalue weighted by atomic mass is 10.1. The number of hydrogen-bond acceptors (Lipinski definition) is 3. The van der Waals surface area contributed by atoms with Crippen molar-refractivity contribution in [3.8, 4) is 0 Å². The predicted molar refractivity (Wildman–Crippen MR) is 66.0 cm³/mol. The first-order chi connectivity index (χ1) is 7.05. The lowest BCUT2D eigenvalue weighted by Crippen LogP contribution is -2.35. The standard InChI is InChI=1S/C11H14ClNOS/c1-11(2,8-14)13-15-7-9-5-3-4-6-10(9)12/h3-6,8,13H,7H2,1-2H3. The van der Waals surface area contributed by atoms with Crippen LogP contribution in [0.15, 0.2) is 24.3 Å². The van der Waals surface area contributed by atoms with Gasteiger partial charge < -0.3 is 4.79 Å². The Kier molecular flexibility index (Phi) is 4.64. The first-order valence-corrected chi connectivity index (χ1v) is 6.00. The summed E-state index contributed by atoms with van der Waals surface area (Å²) in [6.07, 6.45) is 0.895. The molecular weight excluding hydrogens is 230 g/mol. The molecular formula is C11H14ClNOS. The van der Waals surface area contributed by atoms with Gasteiger partial charge in [-0.2, -0.15) is 0 Å². The van der Waals surface area contributed by atoms with Gasteiger partial charge in [0.15, 0.2) is 0 Å². The number of rotatable bonds is 5. The summed E-state index contributed by atoms with van der Waals surface area (Å²) in [5.74, 6) is 0.747. The van der Waals surface area contributed by atoms with E-state index in [0.29, 0.717) is 0 Å². The molecule has 0 aliphatic heterocycles. The van der Waals surface area contributed by atoms with Gasteiger partial charge in [-0.25, -0.2) is 0 Å². The third-order valence-electron chi connectivity index (χ3n) is 1.82. The zero-order valence-corrected chi connectivity index (χ0v) is 10.4. The number of halogens is 1. The molecule has 0 spiro atoms. The molecule has 0 saturated heterocycles. The van der Waals surface area contributed by atoms with Gasteiger partial charge in [-0.1, -0.05) is 41.7 Å². The maximum absolute atomic E-state index is 10.6. The zero-order chi connectivity index (χ0) is 11.3. The fourth-order valence-corrected chi connectivity index (χ4v) is 2.12. The highest BCUT2D eigenvalue weighted by atomic mass is 35.5. The molecule has 82 valence electrons. The summed E-state index contributed by atoms with van der Waals surface area (Å²) in [6.45, 7) is 3.67. The van der Waals surface area contributed by atoms with Crippen LogP contribution in [0.5, 0.6) is 0 Å². The van der Waals surface area contributed by atoms with Crippen molar-refractivity contribution in [3.63, 3.8) is 0 Å². The van der Waals surface area contributed by atoms with Gasteiger partial charge in [0.2, 0.25) is 0 Å². The molecule has 0 bridgehead atoms. The summed E-state index contributed by atoms with van der Waals surface area (Å²) >= 11 is 7.48. The molecule has 4 heteroatoms. The molecule has 0 unspecified atom stereocenters. The molecule has 0 amide bonds. The Hall–Kier alpha value is -0.510. The first-order valence-electron chi connectivity index (χ1n) is 4.64. The van der Waals surface area contributed by atoms with Gasteiger partial charge in [0.1, 0.15) is 6.29 Å². The Morgan fingerprint density at radius 3 is 2.73 bits per heavy atom. The molecule has 1 aromatic carbocycles. The predicted octanol–water partition coefficient (Wildman–Crippen LogP) is 3.06. The Balaban J connectivity index is 2.45. The van der Waals surface area contributed by atoms with Crippen molar-refractivity contribution >= 4 is 29.8 Å². The third kappa shape index (κ3) is 4.24. The monoisotopic (exact) mass is 243 g/mol. The molecule has 0 fully saturated rings. The molecule has 15 heavy (non-hydrogen) atoms. The number of benzene rings is 1. The number of carbonyl (C=O) groups excluding carboxylic acids is 1. The SMILES string of the molecule is CC(C)(C=O)NSCc1ccccc1Cl. The largest absolute Gasteiger partial charge is 0.301 e. The average molecular weight is 244 g/mol. The second-order valence-electron chi connectivity index (χ2n) is 3.82. The topological polar surface area (TPSA) is 29.1 Å². The van der Waals surface area contributed by atoms with E-state index in [2.05, 4.69) is 4.72 Å². The molecule has 0 aromatic heterocycles. The normalized spacial score (nSPS) is 11.4. The van der Waals surface area contributed by atoms with Crippen molar-refractivity contribution in [3.05, 3.63) is 34.9 Å². The van der Waals surface area contributed by atoms with Gasteiger partial charge in [-0.3, -0.25) is 4.72 Å². The molecule has 0 saturated carbocycles. The molecule has 1 rings (SSSR count). The quantitative estimate of drug-likeness (QED) is 0.637. The van der Waals surface area contributed by atoms with Crippen LogP contribution >= 0.6 is 23.5 Å². The van der Waals surface area contributed by atoms with Gasteiger partial charge in [0.05, 0.1) is 5.54 Å². The van der Waals surface area contributed by atoms with Crippen LogP contribution in [0.1, 0.15) is 19.4 Å². The number of hydrogen-bond donors (Lipinski definition) is 1. The van der Waals surface area contributed by atoms with E-state index in [0.717, 1.165) is 22.6 Å². The fourth-order valence-electron chi connectivity index (χ4n) is 0.939. The molecule has 1 aromatic rings. The molecule has 0 heterocycles. The van der Waals surface area contributed by atoms with Crippen LogP contribution in [-0.2, 0) is 10.5 Å². The van der Waals surface area contributed by atoms with Crippen molar-refractivity contribution < 1.29 is 4.79 Å². The minimum absolute atomic E-state index is 0.494. The molecule has 0 radical (unpaired) electrons. The van der Waals surface area contributed by atoms with E-state index < -0.39 is 5.54 Å². The van der Waals surface area contributed by atoms with Crippen LogP contribution in [0.4, 0.5) is 0 Å². The van der Waals surface area contributed by atoms with Gasteiger partial charge in [0.25, 0.3) is 0 Å². The van der Waals surface area contributed by atoms with Crippen molar-refractivity contribution in [2.24, 2.45) is 0 Å². The van der Waals surface area contributed by atoms with Crippen LogP contribution in [0.2, 0.25) is 5.02 Å². The summed E-state index contributed by atoms with van der Waals surface area (Å²) < 4.78 is 3.07. The number of carbonyl (C=O) groups is 1. The summed E-state index contributed by atoms with van der Waals surface area (Å²) in [5.41, 5.74) is 0.574. The fraction of sp³-hybridized carbons (Fsp3) is 0.364. The molecule has 0 aliphatic rings. The van der Waals surface area contributed by atoms with E-state index in [-0.39, 0.29) is 0 Å². The molecule has 1 N–H and O–H groups in total. The lowest BCUT2D eigenvalue weighted by molar-refractivity contribution is -0.111. The Bertz CT molecular complexity index is 341. The highest BCUT2D eigenvalue weighted by Crippen LogP contribution is 2.20. The van der Waals surface area contributed by atoms with Crippen LogP contribution in [0.25, 0.3) is 0 Å². The third-order valence-corrected chi connectivity index (χ3v) is 3.31. The van der Waals surface area contributed by atoms with Gasteiger partial charge in [0, 0.05) is 10.8 Å². The highest BCUT2D eigenvalue weighted by Gasteiger charge is 2.15. The maximum Gasteiger partial charge on any atom is 0.140 e. The highest BCUT2D eigenvalue weighted by molar-refractivity contribution is 7.96. The Labute approximate surface area is 99.5 Å². The van der Waals surface area contributed by atoms with Crippen molar-refractivity contribution in [1.29, 1.82) is 0 Å². The molecule has 2 nitrogen and oxygen atoms in total. The minimum Gasteiger partial charge on any atom is -0.301 e. The minimum atomic E-state index is -0.494. The van der Waals surface area contributed by atoms with Crippen molar-refractivity contribution in [2.75, 3.05) is 0 Å². The Morgan fingerprint density at radius 2 is 2.13 bits per heavy atom. The first kappa shape index (κ1) is 12.6. The smallest absolute Gasteiger partial charge is 0.140 e. The second-order valence-corrected chi connectivity index (χ2v) is 5.01. The maximum atomic E-state index is 10.6. The summed E-state index contributed by atoms with van der Waals surface area (Å²) in [7, 11) is 0. The van der Waals surface area contributed by atoms with Gasteiger partial charge in [-0.15, -0.1) is 0 Å². The van der Waals surface area contributed by atoms with E-state index in [4.69, 9.17) is 11.6 Å². The van der Waals surface area contributed by atoms with Gasteiger partial charge in [-0.05, 0) is 25.5 Å². The van der Waals surface area contributed by atoms with Crippen LogP contribution < -0.4 is 4.72 Å². The van der Waals surface area contributed by atoms with Crippen LogP contribution in [0, 0.1) is 0 Å².